The van der Waals surface area contributed by atoms with Gasteiger partial charge < -0.3 is 97.8 Å². The van der Waals surface area contributed by atoms with Gasteiger partial charge in [0.2, 0.25) is 59.1 Å². The topological polar surface area (TPSA) is 528 Å². The van der Waals surface area contributed by atoms with Crippen LogP contribution in [-0.4, -0.2) is 181 Å². The summed E-state index contributed by atoms with van der Waals surface area (Å²) in [6.07, 6.45) is 2.41. The molecule has 75 heavy (non-hydrogen) atoms. The Hall–Kier alpha value is -6.41. The third-order valence-corrected chi connectivity index (χ3v) is 11.3. The van der Waals surface area contributed by atoms with E-state index in [4.69, 9.17) is 44.9 Å². The average Bonchev–Trinajstić information content (AvgIpc) is 3.34. The Kier molecular flexibility index (Phi) is 35.7. The highest BCUT2D eigenvalue weighted by Crippen LogP contribution is 2.10. The number of carbonyl (C=O) groups is 11. The minimum Gasteiger partial charge on any atom is -0.480 e. The van der Waals surface area contributed by atoms with E-state index in [2.05, 4.69) is 65.8 Å². The van der Waals surface area contributed by atoms with Gasteiger partial charge in [-0.1, -0.05) is 13.8 Å². The van der Waals surface area contributed by atoms with Crippen molar-refractivity contribution in [1.82, 2.24) is 53.2 Å². The molecular formula is C44H83N17O13S. The van der Waals surface area contributed by atoms with Crippen molar-refractivity contribution in [3.05, 3.63) is 0 Å². The molecule has 0 rings (SSSR count). The fourth-order valence-electron chi connectivity index (χ4n) is 6.96. The summed E-state index contributed by atoms with van der Waals surface area (Å²) in [5.74, 6) is -11.1. The van der Waals surface area contributed by atoms with Crippen LogP contribution < -0.4 is 87.6 Å². The van der Waals surface area contributed by atoms with Crippen molar-refractivity contribution in [2.24, 2.45) is 40.3 Å². The van der Waals surface area contributed by atoms with Crippen molar-refractivity contribution in [2.75, 3.05) is 51.6 Å². The lowest BCUT2D eigenvalue weighted by molar-refractivity contribution is -0.138. The Morgan fingerprint density at radius 1 is 0.507 bits per heavy atom. The van der Waals surface area contributed by atoms with E-state index in [1.54, 1.807) is 0 Å². The predicted molar refractivity (Wildman–Crippen MR) is 277 cm³/mol. The van der Waals surface area contributed by atoms with Gasteiger partial charge in [0.15, 0.2) is 5.96 Å². The highest BCUT2D eigenvalue weighted by molar-refractivity contribution is 7.80. The van der Waals surface area contributed by atoms with E-state index in [0.29, 0.717) is 51.5 Å². The molecule has 0 unspecified atom stereocenters. The number of primary amides is 1. The first-order valence-corrected chi connectivity index (χ1v) is 25.4. The first kappa shape index (κ1) is 68.6. The molecule has 0 fully saturated rings. The zero-order valence-corrected chi connectivity index (χ0v) is 43.7. The minimum atomic E-state index is -1.73. The quantitative estimate of drug-likeness (QED) is 0.0117. The molecule has 0 aliphatic heterocycles. The molecule has 10 amide bonds. The molecule has 31 heteroatoms. The van der Waals surface area contributed by atoms with Crippen molar-refractivity contribution in [3.8, 4) is 0 Å². The van der Waals surface area contributed by atoms with Gasteiger partial charge in [-0.25, -0.2) is 0 Å². The SMILES string of the molecule is CC(C)C[C@H](N)C(=O)N[C@@H](CCCCN)C(=O)N[C@@H](CCCCN)C(=O)N[C@@H](CC(N)=O)C(=O)NCC(=O)N[C@@H](CO)C(=O)N[C@@H](CS)C(=O)N[C@@H](CCCCN)C(=O)N[C@@H](CCCNC(=N)N)C(=O)NCC(=O)O. The Labute approximate surface area is 441 Å². The summed E-state index contributed by atoms with van der Waals surface area (Å²) in [5.41, 5.74) is 33.6. The van der Waals surface area contributed by atoms with Crippen molar-refractivity contribution in [3.63, 3.8) is 0 Å². The highest BCUT2D eigenvalue weighted by atomic mass is 32.1. The van der Waals surface area contributed by atoms with E-state index >= 15 is 0 Å². The summed E-state index contributed by atoms with van der Waals surface area (Å²) < 4.78 is 0. The molecular weight excluding hydrogens is 1010 g/mol. The molecule has 0 heterocycles. The monoisotopic (exact) mass is 1090 g/mol. The number of thiol groups is 1. The largest absolute Gasteiger partial charge is 0.480 e. The Balaban J connectivity index is 6.05. The van der Waals surface area contributed by atoms with E-state index in [-0.39, 0.29) is 69.4 Å². The lowest BCUT2D eigenvalue weighted by Gasteiger charge is -2.26. The molecule has 0 saturated carbocycles. The molecule has 0 bridgehead atoms. The fourth-order valence-corrected chi connectivity index (χ4v) is 7.22. The van der Waals surface area contributed by atoms with Gasteiger partial charge in [-0.15, -0.1) is 0 Å². The zero-order valence-electron chi connectivity index (χ0n) is 42.8. The summed E-state index contributed by atoms with van der Waals surface area (Å²) in [6, 6.07) is -10.8. The molecule has 0 saturated heterocycles. The molecule has 428 valence electrons. The van der Waals surface area contributed by atoms with Gasteiger partial charge in [0.05, 0.1) is 25.6 Å². The number of unbranched alkanes of at least 4 members (excludes halogenated alkanes) is 3. The fraction of sp³-hybridized carbons (Fsp3) is 0.727. The second kappa shape index (κ2) is 39.1. The molecule has 0 aromatic rings. The van der Waals surface area contributed by atoms with Gasteiger partial charge >= 0.3 is 5.97 Å². The van der Waals surface area contributed by atoms with Crippen LogP contribution in [0.25, 0.3) is 0 Å². The lowest BCUT2D eigenvalue weighted by atomic mass is 10.0. The van der Waals surface area contributed by atoms with Gasteiger partial charge in [0.1, 0.15) is 48.8 Å². The molecule has 0 aliphatic rings. The van der Waals surface area contributed by atoms with Crippen molar-refractivity contribution in [1.29, 1.82) is 5.41 Å². The van der Waals surface area contributed by atoms with Crippen LogP contribution in [-0.2, 0) is 52.7 Å². The predicted octanol–water partition coefficient (Wildman–Crippen LogP) is -7.48. The minimum absolute atomic E-state index is 0.000320. The number of rotatable bonds is 41. The number of carboxylic acids is 1. The molecule has 8 atom stereocenters. The van der Waals surface area contributed by atoms with Crippen LogP contribution >= 0.6 is 12.6 Å². The third-order valence-electron chi connectivity index (χ3n) is 10.9. The van der Waals surface area contributed by atoms with Gasteiger partial charge in [-0.2, -0.15) is 12.6 Å². The van der Waals surface area contributed by atoms with E-state index < -0.39 is 139 Å². The van der Waals surface area contributed by atoms with Gasteiger partial charge in [0.25, 0.3) is 0 Å². The molecule has 25 N–H and O–H groups in total. The van der Waals surface area contributed by atoms with Crippen LogP contribution in [0.3, 0.4) is 0 Å². The standard InChI is InChI=1S/C44H83N17O13S/c1-24(2)18-25(48)36(67)56-27(10-3-6-14-45)39(70)58-29(12-5-8-16-47)41(72)60-30(19-33(49)63)38(69)53-20-34(64)55-31(22-62)42(73)61-32(23-75)43(74)59-28(11-4-7-15-46)40(71)57-26(13-9-17-52-44(50)51)37(68)54-21-35(65)66/h24-32,62,75H,3-23,45-48H2,1-2H3,(H2,49,63)(H,53,69)(H,54,68)(H,55,64)(H,56,67)(H,57,71)(H,58,70)(H,59,74)(H,60,72)(H,61,73)(H,65,66)(H4,50,51,52)/t25-,26-,27-,28-,29-,30-,31-,32-/m0/s1. The normalized spacial score (nSPS) is 14.1. The van der Waals surface area contributed by atoms with E-state index in [0.717, 1.165) is 0 Å². The smallest absolute Gasteiger partial charge is 0.322 e. The van der Waals surface area contributed by atoms with Gasteiger partial charge in [-0.05, 0) is 103 Å². The summed E-state index contributed by atoms with van der Waals surface area (Å²) in [7, 11) is 0. The number of aliphatic carboxylic acids is 1. The van der Waals surface area contributed by atoms with Crippen molar-refractivity contribution < 1.29 is 63.0 Å². The van der Waals surface area contributed by atoms with Crippen LogP contribution in [0.5, 0.6) is 0 Å². The number of aliphatic hydroxyl groups is 1. The maximum Gasteiger partial charge on any atom is 0.322 e. The second-order valence-corrected chi connectivity index (χ2v) is 18.3. The van der Waals surface area contributed by atoms with E-state index in [1.165, 1.54) is 0 Å². The average molecular weight is 1090 g/mol. The highest BCUT2D eigenvalue weighted by Gasteiger charge is 2.33. The van der Waals surface area contributed by atoms with Crippen molar-refractivity contribution >= 4 is 83.6 Å². The maximum atomic E-state index is 13.7. The van der Waals surface area contributed by atoms with Crippen LogP contribution in [0.1, 0.15) is 97.3 Å². The summed E-state index contributed by atoms with van der Waals surface area (Å²) in [5, 5.41) is 50.4. The van der Waals surface area contributed by atoms with E-state index in [1.807, 2.05) is 13.8 Å². The molecule has 0 aromatic heterocycles. The van der Waals surface area contributed by atoms with E-state index in [9.17, 15) is 57.8 Å². The zero-order chi connectivity index (χ0) is 57.0. The first-order valence-electron chi connectivity index (χ1n) is 24.8. The molecule has 0 radical (unpaired) electrons. The van der Waals surface area contributed by atoms with Crippen LogP contribution in [0.2, 0.25) is 0 Å². The van der Waals surface area contributed by atoms with Crippen LogP contribution in [0, 0.1) is 11.3 Å². The number of hydrogen-bond donors (Lipinski definition) is 20. The molecule has 0 aliphatic carbocycles. The number of aliphatic hydroxyl groups excluding tert-OH is 1. The number of nitrogens with one attached hydrogen (secondary N) is 11. The number of nitrogens with two attached hydrogens (primary N) is 6. The number of hydrogen-bond acceptors (Lipinski definition) is 18. The number of guanidine groups is 1. The number of carboxylic acid groups (broad SMARTS) is 1. The third kappa shape index (κ3) is 30.5. The Bertz CT molecular complexity index is 1890. The Morgan fingerprint density at radius 2 is 0.893 bits per heavy atom. The summed E-state index contributed by atoms with van der Waals surface area (Å²) in [6.45, 7) is 2.03. The Morgan fingerprint density at radius 3 is 1.31 bits per heavy atom. The summed E-state index contributed by atoms with van der Waals surface area (Å²) >= 11 is 4.13. The van der Waals surface area contributed by atoms with Gasteiger partial charge in [0, 0.05) is 12.3 Å². The van der Waals surface area contributed by atoms with Crippen LogP contribution in [0.4, 0.5) is 0 Å². The first-order chi connectivity index (χ1) is 35.4. The summed E-state index contributed by atoms with van der Waals surface area (Å²) in [4.78, 5) is 143. The van der Waals surface area contributed by atoms with Gasteiger partial charge in [-0.3, -0.25) is 58.1 Å². The molecule has 30 nitrogen and oxygen atoms in total. The number of carbonyl (C=O) groups excluding carboxylic acids is 10. The van der Waals surface area contributed by atoms with Crippen molar-refractivity contribution in [2.45, 2.75) is 146 Å². The number of amides is 10. The lowest BCUT2D eigenvalue weighted by Crippen LogP contribution is -2.60. The second-order valence-electron chi connectivity index (χ2n) is 17.9. The van der Waals surface area contributed by atoms with Crippen LogP contribution in [0.15, 0.2) is 0 Å². The molecule has 0 aromatic carbocycles. The molecule has 0 spiro atoms. The maximum absolute atomic E-state index is 13.7.